The SMILES string of the molecule is CCC(CC)(CC)CN=C(N)Nc1ccc(OC)cc1. The lowest BCUT2D eigenvalue weighted by atomic mass is 9.80. The monoisotopic (exact) mass is 277 g/mol. The first-order valence-electron chi connectivity index (χ1n) is 7.30. The smallest absolute Gasteiger partial charge is 0.193 e. The van der Waals surface area contributed by atoms with Gasteiger partial charge in [0.1, 0.15) is 5.75 Å². The third kappa shape index (κ3) is 4.44. The van der Waals surface area contributed by atoms with Crippen molar-refractivity contribution in [1.29, 1.82) is 0 Å². The molecule has 1 aromatic rings. The highest BCUT2D eigenvalue weighted by molar-refractivity contribution is 5.92. The van der Waals surface area contributed by atoms with Crippen LogP contribution in [0.25, 0.3) is 0 Å². The van der Waals surface area contributed by atoms with E-state index in [1.54, 1.807) is 7.11 Å². The maximum Gasteiger partial charge on any atom is 0.193 e. The van der Waals surface area contributed by atoms with Crippen molar-refractivity contribution in [3.63, 3.8) is 0 Å². The Labute approximate surface area is 122 Å². The second kappa shape index (κ2) is 7.78. The molecule has 0 amide bonds. The summed E-state index contributed by atoms with van der Waals surface area (Å²) in [6.45, 7) is 7.42. The average Bonchev–Trinajstić information content (AvgIpc) is 2.50. The van der Waals surface area contributed by atoms with Gasteiger partial charge in [0.25, 0.3) is 0 Å². The first-order valence-corrected chi connectivity index (χ1v) is 7.30. The number of anilines is 1. The molecule has 4 nitrogen and oxygen atoms in total. The number of rotatable bonds is 7. The molecule has 1 rings (SSSR count). The van der Waals surface area contributed by atoms with Crippen molar-refractivity contribution in [3.05, 3.63) is 24.3 Å². The number of methoxy groups -OCH3 is 1. The molecule has 0 heterocycles. The zero-order chi connectivity index (χ0) is 15.0. The normalized spacial score (nSPS) is 12.3. The molecule has 3 N–H and O–H groups in total. The van der Waals surface area contributed by atoms with E-state index in [0.29, 0.717) is 5.96 Å². The number of nitrogens with one attached hydrogen (secondary N) is 1. The molecule has 4 heteroatoms. The van der Waals surface area contributed by atoms with Crippen LogP contribution in [0.1, 0.15) is 40.0 Å². The fourth-order valence-corrected chi connectivity index (χ4v) is 2.20. The summed E-state index contributed by atoms with van der Waals surface area (Å²) in [6, 6.07) is 7.63. The van der Waals surface area contributed by atoms with Crippen LogP contribution in [0.5, 0.6) is 5.75 Å². The molecule has 112 valence electrons. The van der Waals surface area contributed by atoms with Gasteiger partial charge in [0.15, 0.2) is 5.96 Å². The van der Waals surface area contributed by atoms with E-state index in [-0.39, 0.29) is 5.41 Å². The van der Waals surface area contributed by atoms with Gasteiger partial charge in [-0.1, -0.05) is 20.8 Å². The summed E-state index contributed by atoms with van der Waals surface area (Å²) in [5, 5.41) is 3.11. The molecule has 0 spiro atoms. The number of guanidine groups is 1. The standard InChI is InChI=1S/C16H27N3O/c1-5-16(6-2,7-3)12-18-15(17)19-13-8-10-14(20-4)11-9-13/h8-11H,5-7,12H2,1-4H3,(H3,17,18,19). The lowest BCUT2D eigenvalue weighted by molar-refractivity contribution is 0.263. The van der Waals surface area contributed by atoms with E-state index in [4.69, 9.17) is 10.5 Å². The van der Waals surface area contributed by atoms with Crippen molar-refractivity contribution >= 4 is 11.6 Å². The van der Waals surface area contributed by atoms with Crippen LogP contribution in [0.3, 0.4) is 0 Å². The Kier molecular flexibility index (Phi) is 6.36. The lowest BCUT2D eigenvalue weighted by Crippen LogP contribution is -2.27. The van der Waals surface area contributed by atoms with Crippen LogP contribution in [0.4, 0.5) is 5.69 Å². The summed E-state index contributed by atoms with van der Waals surface area (Å²) in [6.07, 6.45) is 3.37. The van der Waals surface area contributed by atoms with Crippen LogP contribution >= 0.6 is 0 Å². The topological polar surface area (TPSA) is 59.6 Å². The first-order chi connectivity index (χ1) is 9.59. The molecule has 0 fully saturated rings. The lowest BCUT2D eigenvalue weighted by Gasteiger charge is -2.28. The van der Waals surface area contributed by atoms with Crippen LogP contribution in [-0.4, -0.2) is 19.6 Å². The molecule has 0 saturated heterocycles. The van der Waals surface area contributed by atoms with Crippen LogP contribution in [0, 0.1) is 5.41 Å². The minimum Gasteiger partial charge on any atom is -0.497 e. The molecular formula is C16H27N3O. The van der Waals surface area contributed by atoms with Crippen LogP contribution < -0.4 is 15.8 Å². The summed E-state index contributed by atoms with van der Waals surface area (Å²) in [5.41, 5.74) is 7.14. The Morgan fingerprint density at radius 3 is 2.15 bits per heavy atom. The molecule has 0 aliphatic rings. The van der Waals surface area contributed by atoms with Gasteiger partial charge in [0.2, 0.25) is 0 Å². The van der Waals surface area contributed by atoms with Crippen molar-refractivity contribution in [2.45, 2.75) is 40.0 Å². The summed E-state index contributed by atoms with van der Waals surface area (Å²) >= 11 is 0. The fraction of sp³-hybridized carbons (Fsp3) is 0.562. The van der Waals surface area contributed by atoms with E-state index in [9.17, 15) is 0 Å². The van der Waals surface area contributed by atoms with Crippen molar-refractivity contribution in [2.75, 3.05) is 19.0 Å². The van der Waals surface area contributed by atoms with E-state index < -0.39 is 0 Å². The number of aliphatic imine (C=N–C) groups is 1. The van der Waals surface area contributed by atoms with Gasteiger partial charge >= 0.3 is 0 Å². The summed E-state index contributed by atoms with van der Waals surface area (Å²) in [7, 11) is 1.65. The Morgan fingerprint density at radius 1 is 1.15 bits per heavy atom. The van der Waals surface area contributed by atoms with Gasteiger partial charge in [-0.15, -0.1) is 0 Å². The predicted molar refractivity (Wildman–Crippen MR) is 86.4 cm³/mol. The van der Waals surface area contributed by atoms with Crippen LogP contribution in [-0.2, 0) is 0 Å². The van der Waals surface area contributed by atoms with E-state index >= 15 is 0 Å². The van der Waals surface area contributed by atoms with Gasteiger partial charge in [-0.2, -0.15) is 0 Å². The number of nitrogens with zero attached hydrogens (tertiary/aromatic N) is 1. The second-order valence-electron chi connectivity index (χ2n) is 5.12. The first kappa shape index (κ1) is 16.3. The number of hydrogen-bond acceptors (Lipinski definition) is 2. The van der Waals surface area contributed by atoms with Gasteiger partial charge in [0.05, 0.1) is 7.11 Å². The molecule has 20 heavy (non-hydrogen) atoms. The number of hydrogen-bond donors (Lipinski definition) is 2. The zero-order valence-corrected chi connectivity index (χ0v) is 13.1. The molecule has 0 bridgehead atoms. The third-order valence-electron chi connectivity index (χ3n) is 4.20. The molecule has 0 saturated carbocycles. The minimum absolute atomic E-state index is 0.270. The van der Waals surface area contributed by atoms with E-state index in [1.807, 2.05) is 24.3 Å². The molecule has 0 aromatic heterocycles. The summed E-state index contributed by atoms with van der Waals surface area (Å²) in [4.78, 5) is 4.50. The minimum atomic E-state index is 0.270. The van der Waals surface area contributed by atoms with Crippen molar-refractivity contribution in [1.82, 2.24) is 0 Å². The highest BCUT2D eigenvalue weighted by Crippen LogP contribution is 2.30. The number of nitrogens with two attached hydrogens (primary N) is 1. The highest BCUT2D eigenvalue weighted by Gasteiger charge is 2.23. The van der Waals surface area contributed by atoms with Gasteiger partial charge < -0.3 is 15.8 Å². The fourth-order valence-electron chi connectivity index (χ4n) is 2.20. The Balaban J connectivity index is 2.64. The quantitative estimate of drug-likeness (QED) is 0.591. The van der Waals surface area contributed by atoms with Gasteiger partial charge in [-0.3, -0.25) is 4.99 Å². The van der Waals surface area contributed by atoms with E-state index in [0.717, 1.165) is 37.2 Å². The van der Waals surface area contributed by atoms with Crippen molar-refractivity contribution in [2.24, 2.45) is 16.1 Å². The Bertz CT molecular complexity index is 414. The zero-order valence-electron chi connectivity index (χ0n) is 13.1. The number of ether oxygens (including phenoxy) is 1. The molecule has 0 aliphatic carbocycles. The Hall–Kier alpha value is -1.71. The summed E-state index contributed by atoms with van der Waals surface area (Å²) < 4.78 is 5.12. The third-order valence-corrected chi connectivity index (χ3v) is 4.20. The van der Waals surface area contributed by atoms with Gasteiger partial charge in [0, 0.05) is 12.2 Å². The largest absolute Gasteiger partial charge is 0.497 e. The van der Waals surface area contributed by atoms with Crippen LogP contribution in [0.2, 0.25) is 0 Å². The van der Waals surface area contributed by atoms with Gasteiger partial charge in [-0.05, 0) is 48.9 Å². The molecule has 0 aliphatic heterocycles. The van der Waals surface area contributed by atoms with Crippen LogP contribution in [0.15, 0.2) is 29.3 Å². The average molecular weight is 277 g/mol. The van der Waals surface area contributed by atoms with Crippen molar-refractivity contribution < 1.29 is 4.74 Å². The Morgan fingerprint density at radius 2 is 1.70 bits per heavy atom. The molecular weight excluding hydrogens is 250 g/mol. The molecule has 0 atom stereocenters. The summed E-state index contributed by atoms with van der Waals surface area (Å²) in [5.74, 6) is 1.29. The molecule has 1 aromatic carbocycles. The second-order valence-corrected chi connectivity index (χ2v) is 5.12. The maximum atomic E-state index is 5.96. The van der Waals surface area contributed by atoms with Gasteiger partial charge in [-0.25, -0.2) is 0 Å². The van der Waals surface area contributed by atoms with E-state index in [2.05, 4.69) is 31.1 Å². The maximum absolute atomic E-state index is 5.96. The number of benzene rings is 1. The molecule has 0 radical (unpaired) electrons. The van der Waals surface area contributed by atoms with E-state index in [1.165, 1.54) is 0 Å². The predicted octanol–water partition coefficient (Wildman–Crippen LogP) is 3.64. The van der Waals surface area contributed by atoms with Crippen molar-refractivity contribution in [3.8, 4) is 5.75 Å². The highest BCUT2D eigenvalue weighted by atomic mass is 16.5. The molecule has 0 unspecified atom stereocenters.